The molecule has 3 rings (SSSR count). The molecule has 0 saturated carbocycles. The number of halogens is 1. The zero-order valence-electron chi connectivity index (χ0n) is 12.3. The first kappa shape index (κ1) is 15.9. The molecular weight excluding hydrogens is 333 g/mol. The minimum atomic E-state index is -3.96. The van der Waals surface area contributed by atoms with Gasteiger partial charge in [-0.25, -0.2) is 21.6 Å². The zero-order valence-corrected chi connectivity index (χ0v) is 13.1. The largest absolute Gasteiger partial charge is 0.478 e. The van der Waals surface area contributed by atoms with E-state index >= 15 is 0 Å². The molecule has 1 aromatic heterocycles. The molecule has 0 unspecified atom stereocenters. The maximum absolute atomic E-state index is 13.4. The lowest BCUT2D eigenvalue weighted by Crippen LogP contribution is -2.07. The summed E-state index contributed by atoms with van der Waals surface area (Å²) in [5.74, 6) is -1.97. The minimum absolute atomic E-state index is 0.0270. The van der Waals surface area contributed by atoms with Gasteiger partial charge in [0.05, 0.1) is 16.5 Å². The third-order valence-corrected chi connectivity index (χ3v) is 4.80. The van der Waals surface area contributed by atoms with E-state index in [1.165, 1.54) is 12.1 Å². The Hall–Kier alpha value is -2.93. The second kappa shape index (κ2) is 5.93. The Morgan fingerprint density at radius 1 is 1.12 bits per heavy atom. The number of carboxylic acid groups (broad SMARTS) is 1. The van der Waals surface area contributed by atoms with Crippen LogP contribution in [0.4, 0.5) is 4.39 Å². The van der Waals surface area contributed by atoms with Gasteiger partial charge in [0.15, 0.2) is 0 Å². The summed E-state index contributed by atoms with van der Waals surface area (Å²) in [6.07, 6.45) is 2.39. The molecule has 122 valence electrons. The third kappa shape index (κ3) is 2.93. The van der Waals surface area contributed by atoms with Gasteiger partial charge in [0.25, 0.3) is 10.0 Å². The number of hydrogen-bond acceptors (Lipinski definition) is 3. The van der Waals surface area contributed by atoms with Crippen molar-refractivity contribution in [2.45, 2.75) is 0 Å². The summed E-state index contributed by atoms with van der Waals surface area (Å²) in [5.41, 5.74) is 0.509. The Balaban J connectivity index is 2.15. The van der Waals surface area contributed by atoms with Crippen molar-refractivity contribution in [2.75, 3.05) is 0 Å². The summed E-state index contributed by atoms with van der Waals surface area (Å²) >= 11 is 0. The zero-order chi connectivity index (χ0) is 17.3. The van der Waals surface area contributed by atoms with Crippen molar-refractivity contribution in [3.63, 3.8) is 0 Å². The lowest BCUT2D eigenvalue weighted by molar-refractivity contribution is 0.0699. The van der Waals surface area contributed by atoms with Crippen LogP contribution in [0.25, 0.3) is 17.0 Å². The maximum Gasteiger partial charge on any atom is 0.337 e. The van der Waals surface area contributed by atoms with E-state index in [9.17, 15) is 22.7 Å². The van der Waals surface area contributed by atoms with Gasteiger partial charge < -0.3 is 5.11 Å². The topological polar surface area (TPSA) is 76.4 Å². The number of rotatable bonds is 4. The number of nitrogens with zero attached hydrogens (tertiary/aromatic N) is 1. The van der Waals surface area contributed by atoms with E-state index in [2.05, 4.69) is 0 Å². The predicted octanol–water partition coefficient (Wildman–Crippen LogP) is 3.33. The van der Waals surface area contributed by atoms with Crippen LogP contribution in [-0.4, -0.2) is 23.5 Å². The van der Waals surface area contributed by atoms with Crippen LogP contribution in [0.2, 0.25) is 0 Å². The van der Waals surface area contributed by atoms with E-state index in [-0.39, 0.29) is 16.5 Å². The van der Waals surface area contributed by atoms with Gasteiger partial charge in [-0.15, -0.1) is 0 Å². The van der Waals surface area contributed by atoms with Crippen molar-refractivity contribution in [2.24, 2.45) is 0 Å². The summed E-state index contributed by atoms with van der Waals surface area (Å²) in [5, 5.41) is 10.2. The monoisotopic (exact) mass is 345 g/mol. The Bertz CT molecular complexity index is 1050. The summed E-state index contributed by atoms with van der Waals surface area (Å²) in [6.45, 7) is 0. The minimum Gasteiger partial charge on any atom is -0.478 e. The molecule has 0 aliphatic carbocycles. The smallest absolute Gasteiger partial charge is 0.337 e. The van der Waals surface area contributed by atoms with E-state index in [0.717, 1.165) is 27.7 Å². The Morgan fingerprint density at radius 3 is 2.50 bits per heavy atom. The molecule has 0 fully saturated rings. The van der Waals surface area contributed by atoms with Crippen LogP contribution in [0.1, 0.15) is 15.9 Å². The normalized spacial score (nSPS) is 12.0. The van der Waals surface area contributed by atoms with Crippen molar-refractivity contribution < 1.29 is 22.7 Å². The second-order valence-corrected chi connectivity index (χ2v) is 6.76. The van der Waals surface area contributed by atoms with Crippen molar-refractivity contribution >= 4 is 33.0 Å². The summed E-state index contributed by atoms with van der Waals surface area (Å²) in [7, 11) is -3.96. The highest BCUT2D eigenvalue weighted by molar-refractivity contribution is 7.93. The average Bonchev–Trinajstić information content (AvgIpc) is 2.94. The predicted molar refractivity (Wildman–Crippen MR) is 88.6 cm³/mol. The van der Waals surface area contributed by atoms with Crippen LogP contribution in [0.5, 0.6) is 0 Å². The molecule has 5 nitrogen and oxygen atoms in total. The molecule has 0 bridgehead atoms. The number of aromatic nitrogens is 1. The highest BCUT2D eigenvalue weighted by atomic mass is 32.2. The first-order valence-corrected chi connectivity index (χ1v) is 8.41. The molecule has 3 aromatic rings. The van der Waals surface area contributed by atoms with Gasteiger partial charge >= 0.3 is 5.97 Å². The first-order valence-electron chi connectivity index (χ1n) is 6.91. The van der Waals surface area contributed by atoms with Gasteiger partial charge in [0.2, 0.25) is 0 Å². The van der Waals surface area contributed by atoms with Crippen LogP contribution < -0.4 is 0 Å². The lowest BCUT2D eigenvalue weighted by atomic mass is 10.2. The molecule has 0 radical (unpaired) electrons. The van der Waals surface area contributed by atoms with Crippen molar-refractivity contribution in [1.82, 2.24) is 3.97 Å². The summed E-state index contributed by atoms with van der Waals surface area (Å²) in [4.78, 5) is 11.3. The van der Waals surface area contributed by atoms with Crippen LogP contribution in [0, 0.1) is 5.82 Å². The fourth-order valence-electron chi connectivity index (χ4n) is 2.35. The van der Waals surface area contributed by atoms with Crippen LogP contribution >= 0.6 is 0 Å². The van der Waals surface area contributed by atoms with E-state index in [0.29, 0.717) is 5.56 Å². The van der Waals surface area contributed by atoms with Gasteiger partial charge in [-0.05, 0) is 29.8 Å². The number of carbonyl (C=O) groups is 1. The molecule has 7 heteroatoms. The Morgan fingerprint density at radius 2 is 1.83 bits per heavy atom. The van der Waals surface area contributed by atoms with Gasteiger partial charge in [-0.2, -0.15) is 0 Å². The number of benzene rings is 2. The van der Waals surface area contributed by atoms with Gasteiger partial charge in [0.1, 0.15) is 5.82 Å². The van der Waals surface area contributed by atoms with Crippen LogP contribution in [0.15, 0.2) is 60.1 Å². The number of fused-ring (bicyclic) bond motifs is 1. The molecule has 0 amide bonds. The van der Waals surface area contributed by atoms with Crippen molar-refractivity contribution in [3.8, 4) is 0 Å². The van der Waals surface area contributed by atoms with Crippen LogP contribution in [-0.2, 0) is 10.0 Å². The quantitative estimate of drug-likeness (QED) is 0.787. The molecule has 0 aliphatic rings. The highest BCUT2D eigenvalue weighted by Gasteiger charge is 2.20. The molecule has 0 aliphatic heterocycles. The molecule has 0 spiro atoms. The highest BCUT2D eigenvalue weighted by Crippen LogP contribution is 2.25. The summed E-state index contributed by atoms with van der Waals surface area (Å²) < 4.78 is 39.3. The van der Waals surface area contributed by atoms with Crippen molar-refractivity contribution in [3.05, 3.63) is 77.1 Å². The maximum atomic E-state index is 13.4. The van der Waals surface area contributed by atoms with Gasteiger partial charge in [-0.3, -0.25) is 0 Å². The molecule has 0 saturated heterocycles. The number of aromatic carboxylic acids is 1. The second-order valence-electron chi connectivity index (χ2n) is 5.06. The van der Waals surface area contributed by atoms with E-state index < -0.39 is 21.8 Å². The fraction of sp³-hybridized carbons (Fsp3) is 0. The molecule has 24 heavy (non-hydrogen) atoms. The molecular formula is C17H12FNO4S. The molecule has 1 N–H and O–H groups in total. The first-order chi connectivity index (χ1) is 11.4. The lowest BCUT2D eigenvalue weighted by Gasteiger charge is -2.03. The average molecular weight is 345 g/mol. The number of carboxylic acids is 1. The van der Waals surface area contributed by atoms with E-state index in [4.69, 9.17) is 0 Å². The third-order valence-electron chi connectivity index (χ3n) is 3.47. The van der Waals surface area contributed by atoms with E-state index in [1.54, 1.807) is 30.3 Å². The molecule has 2 aromatic carbocycles. The van der Waals surface area contributed by atoms with Crippen LogP contribution in [0.3, 0.4) is 0 Å². The standard InChI is InChI=1S/C17H12FNO4S/c18-13-6-7-16-14(10-13)15(17(20)21)11-19(16)24(22,23)9-8-12-4-2-1-3-5-12/h1-11H,(H,20,21). The summed E-state index contributed by atoms with van der Waals surface area (Å²) in [6, 6.07) is 12.1. The Labute approximate surface area is 137 Å². The Kier molecular flexibility index (Phi) is 3.94. The molecule has 0 atom stereocenters. The van der Waals surface area contributed by atoms with E-state index in [1.807, 2.05) is 0 Å². The fourth-order valence-corrected chi connectivity index (χ4v) is 3.49. The number of hydrogen-bond donors (Lipinski definition) is 1. The molecule has 1 heterocycles. The van der Waals surface area contributed by atoms with Gasteiger partial charge in [-0.1, -0.05) is 30.3 Å². The SMILES string of the molecule is O=C(O)c1cn(S(=O)(=O)C=Cc2ccccc2)c2ccc(F)cc12. The van der Waals surface area contributed by atoms with Gasteiger partial charge in [0, 0.05) is 11.6 Å². The van der Waals surface area contributed by atoms with Crippen molar-refractivity contribution in [1.29, 1.82) is 0 Å².